The van der Waals surface area contributed by atoms with Gasteiger partial charge in [0.25, 0.3) is 5.56 Å². The number of nitrogens with one attached hydrogen (secondary N) is 1. The fourth-order valence-electron chi connectivity index (χ4n) is 6.90. The van der Waals surface area contributed by atoms with E-state index in [0.29, 0.717) is 37.1 Å². The molecule has 10 nitrogen and oxygen atoms in total. The molecule has 37 heavy (non-hydrogen) atoms. The minimum atomic E-state index is -1.10. The van der Waals surface area contributed by atoms with Gasteiger partial charge in [-0.3, -0.25) is 9.48 Å². The molecule has 0 bridgehead atoms. The predicted octanol–water partition coefficient (Wildman–Crippen LogP) is 1.89. The summed E-state index contributed by atoms with van der Waals surface area (Å²) in [5.74, 6) is 0. The minimum Gasteiger partial charge on any atom is -0.387 e. The lowest BCUT2D eigenvalue weighted by Crippen LogP contribution is -2.64. The zero-order chi connectivity index (χ0) is 25.6. The number of hydrogen-bond acceptors (Lipinski definition) is 6. The van der Waals surface area contributed by atoms with Gasteiger partial charge in [-0.15, -0.1) is 0 Å². The molecule has 2 saturated heterocycles. The van der Waals surface area contributed by atoms with Crippen LogP contribution in [0.5, 0.6) is 0 Å². The van der Waals surface area contributed by atoms with Crippen LogP contribution in [0, 0.1) is 5.41 Å². The number of likely N-dealkylation sites (tertiary alicyclic amines) is 1. The summed E-state index contributed by atoms with van der Waals surface area (Å²) < 4.78 is 3.32. The molecule has 2 aliphatic heterocycles. The van der Waals surface area contributed by atoms with Crippen molar-refractivity contribution in [1.29, 1.82) is 0 Å². The smallest absolute Gasteiger partial charge is 0.320 e. The minimum absolute atomic E-state index is 0.0155. The van der Waals surface area contributed by atoms with E-state index >= 15 is 0 Å². The molecule has 1 saturated carbocycles. The highest BCUT2D eigenvalue weighted by Crippen LogP contribution is 2.52. The van der Waals surface area contributed by atoms with Gasteiger partial charge in [0, 0.05) is 51.4 Å². The molecule has 0 radical (unpaired) electrons. The molecule has 3 aromatic rings. The van der Waals surface area contributed by atoms with E-state index in [-0.39, 0.29) is 24.2 Å². The summed E-state index contributed by atoms with van der Waals surface area (Å²) in [5, 5.41) is 16.1. The van der Waals surface area contributed by atoms with Crippen LogP contribution in [0.15, 0.2) is 47.7 Å². The molecule has 1 unspecified atom stereocenters. The number of hydrogen-bond donors (Lipinski definition) is 2. The number of aryl methyl sites for hydroxylation is 1. The second kappa shape index (κ2) is 9.25. The van der Waals surface area contributed by atoms with E-state index < -0.39 is 11.0 Å². The van der Waals surface area contributed by atoms with Crippen molar-refractivity contribution in [2.75, 3.05) is 32.7 Å². The SMILES string of the molecule is Cn1c2ncncc2c(=O)n1CC1(O)CCN(C(=O)N2CCNC[C@H]2c2ccccc2)CC12CCCC2. The average Bonchev–Trinajstić information content (AvgIpc) is 3.51. The Kier molecular flexibility index (Phi) is 6.03. The summed E-state index contributed by atoms with van der Waals surface area (Å²) in [6.07, 6.45) is 7.11. The lowest BCUT2D eigenvalue weighted by Gasteiger charge is -2.53. The molecule has 1 aliphatic carbocycles. The molecule has 3 aliphatic rings. The summed E-state index contributed by atoms with van der Waals surface area (Å²) in [4.78, 5) is 39.4. The Hall–Kier alpha value is -3.24. The number of rotatable bonds is 3. The number of benzene rings is 1. The maximum Gasteiger partial charge on any atom is 0.320 e. The number of urea groups is 1. The van der Waals surface area contributed by atoms with Crippen LogP contribution in [0.4, 0.5) is 4.79 Å². The molecule has 3 fully saturated rings. The van der Waals surface area contributed by atoms with Gasteiger partial charge in [0.15, 0.2) is 5.65 Å². The molecular weight excluding hydrogens is 470 g/mol. The van der Waals surface area contributed by atoms with Crippen molar-refractivity contribution in [3.05, 3.63) is 58.8 Å². The highest BCUT2D eigenvalue weighted by molar-refractivity contribution is 5.76. The van der Waals surface area contributed by atoms with Crippen molar-refractivity contribution in [3.8, 4) is 0 Å². The summed E-state index contributed by atoms with van der Waals surface area (Å²) in [5.41, 5.74) is -0.0433. The van der Waals surface area contributed by atoms with Gasteiger partial charge in [0.2, 0.25) is 0 Å². The highest BCUT2D eigenvalue weighted by atomic mass is 16.3. The van der Waals surface area contributed by atoms with Crippen LogP contribution in [0.25, 0.3) is 11.0 Å². The lowest BCUT2D eigenvalue weighted by molar-refractivity contribution is -0.139. The quantitative estimate of drug-likeness (QED) is 0.563. The molecule has 2 aromatic heterocycles. The van der Waals surface area contributed by atoms with Gasteiger partial charge in [0.1, 0.15) is 11.7 Å². The van der Waals surface area contributed by atoms with E-state index in [4.69, 9.17) is 0 Å². The average molecular weight is 506 g/mol. The molecule has 2 atom stereocenters. The first-order valence-electron chi connectivity index (χ1n) is 13.3. The van der Waals surface area contributed by atoms with E-state index in [1.54, 1.807) is 16.4 Å². The largest absolute Gasteiger partial charge is 0.387 e. The topological polar surface area (TPSA) is 109 Å². The summed E-state index contributed by atoms with van der Waals surface area (Å²) in [7, 11) is 1.80. The number of nitrogens with zero attached hydrogens (tertiary/aromatic N) is 6. The van der Waals surface area contributed by atoms with Crippen LogP contribution in [0.3, 0.4) is 0 Å². The van der Waals surface area contributed by atoms with E-state index in [1.807, 2.05) is 28.0 Å². The molecular formula is C27H35N7O3. The number of carbonyl (C=O) groups is 1. The van der Waals surface area contributed by atoms with Crippen molar-refractivity contribution >= 4 is 17.1 Å². The number of piperazine rings is 1. The Morgan fingerprint density at radius 2 is 1.95 bits per heavy atom. The fraction of sp³-hybridized carbons (Fsp3) is 0.556. The number of fused-ring (bicyclic) bond motifs is 1. The Morgan fingerprint density at radius 1 is 1.16 bits per heavy atom. The Labute approximate surface area is 215 Å². The molecule has 6 rings (SSSR count). The lowest BCUT2D eigenvalue weighted by atomic mass is 9.66. The van der Waals surface area contributed by atoms with Gasteiger partial charge < -0.3 is 20.2 Å². The number of aromatic nitrogens is 4. The molecule has 10 heteroatoms. The van der Waals surface area contributed by atoms with Gasteiger partial charge >= 0.3 is 6.03 Å². The van der Waals surface area contributed by atoms with Crippen molar-refractivity contribution < 1.29 is 9.90 Å². The standard InChI is InChI=1S/C27H35N7O3/c1-31-23-21(15-29-19-30-23)24(35)34(31)18-27(37)11-13-32(17-26(27)9-5-6-10-26)25(36)33-14-12-28-16-22(33)20-7-3-2-4-8-20/h2-4,7-8,15,19,22,28,37H,5-6,9-14,16-18H2,1H3/t22-,27?/m0/s1. The van der Waals surface area contributed by atoms with E-state index in [2.05, 4.69) is 27.4 Å². The summed E-state index contributed by atoms with van der Waals surface area (Å²) >= 11 is 0. The molecule has 1 spiro atoms. The number of aliphatic hydroxyl groups is 1. The maximum absolute atomic E-state index is 13.9. The van der Waals surface area contributed by atoms with Crippen molar-refractivity contribution in [2.45, 2.75) is 50.3 Å². The monoisotopic (exact) mass is 505 g/mol. The molecule has 2 amide bonds. The maximum atomic E-state index is 13.9. The van der Waals surface area contributed by atoms with E-state index in [1.165, 1.54) is 12.5 Å². The van der Waals surface area contributed by atoms with Crippen LogP contribution in [0.1, 0.15) is 43.7 Å². The van der Waals surface area contributed by atoms with Crippen molar-refractivity contribution in [2.24, 2.45) is 12.5 Å². The van der Waals surface area contributed by atoms with Crippen molar-refractivity contribution in [1.82, 2.24) is 34.4 Å². The first-order valence-corrected chi connectivity index (χ1v) is 13.3. The zero-order valence-corrected chi connectivity index (χ0v) is 21.3. The molecule has 1 aromatic carbocycles. The Bertz CT molecular complexity index is 1350. The van der Waals surface area contributed by atoms with Crippen LogP contribution >= 0.6 is 0 Å². The number of amides is 2. The van der Waals surface area contributed by atoms with Crippen LogP contribution in [0.2, 0.25) is 0 Å². The van der Waals surface area contributed by atoms with E-state index in [0.717, 1.165) is 44.3 Å². The number of carbonyl (C=O) groups excluding carboxylic acids is 1. The molecule has 196 valence electrons. The Morgan fingerprint density at radius 3 is 2.70 bits per heavy atom. The summed E-state index contributed by atoms with van der Waals surface area (Å²) in [6.45, 7) is 3.29. The van der Waals surface area contributed by atoms with Gasteiger partial charge in [-0.2, -0.15) is 0 Å². The van der Waals surface area contributed by atoms with Gasteiger partial charge in [0.05, 0.1) is 18.2 Å². The second-order valence-corrected chi connectivity index (χ2v) is 10.9. The van der Waals surface area contributed by atoms with Crippen LogP contribution in [-0.4, -0.2) is 78.6 Å². The van der Waals surface area contributed by atoms with Gasteiger partial charge in [-0.25, -0.2) is 19.4 Å². The Balaban J connectivity index is 1.28. The van der Waals surface area contributed by atoms with E-state index in [9.17, 15) is 14.7 Å². The zero-order valence-electron chi connectivity index (χ0n) is 21.3. The van der Waals surface area contributed by atoms with Crippen LogP contribution < -0.4 is 10.9 Å². The molecule has 4 heterocycles. The number of piperidine rings is 1. The van der Waals surface area contributed by atoms with Crippen molar-refractivity contribution in [3.63, 3.8) is 0 Å². The third-order valence-electron chi connectivity index (χ3n) is 9.02. The third kappa shape index (κ3) is 3.93. The summed E-state index contributed by atoms with van der Waals surface area (Å²) in [6, 6.07) is 10.2. The normalized spacial score (nSPS) is 25.7. The van der Waals surface area contributed by atoms with Gasteiger partial charge in [-0.05, 0) is 24.8 Å². The second-order valence-electron chi connectivity index (χ2n) is 10.9. The third-order valence-corrected chi connectivity index (χ3v) is 9.02. The predicted molar refractivity (Wildman–Crippen MR) is 139 cm³/mol. The highest BCUT2D eigenvalue weighted by Gasteiger charge is 2.56. The fourth-order valence-corrected chi connectivity index (χ4v) is 6.90. The molecule has 2 N–H and O–H groups in total. The first-order chi connectivity index (χ1) is 17.9. The van der Waals surface area contributed by atoms with Gasteiger partial charge in [-0.1, -0.05) is 43.2 Å². The van der Waals surface area contributed by atoms with Crippen LogP contribution in [-0.2, 0) is 13.6 Å². The first kappa shape index (κ1) is 24.1.